The maximum Gasteiger partial charge on any atom is 0.303 e. The van der Waals surface area contributed by atoms with Crippen molar-refractivity contribution in [3.05, 3.63) is 59.7 Å². The molecule has 2 aromatic carbocycles. The Kier molecular flexibility index (Phi) is 9.31. The van der Waals surface area contributed by atoms with Gasteiger partial charge in [-0.25, -0.2) is 0 Å². The lowest BCUT2D eigenvalue weighted by atomic mass is 10.1. The van der Waals surface area contributed by atoms with E-state index in [4.69, 9.17) is 19.7 Å². The van der Waals surface area contributed by atoms with Gasteiger partial charge < -0.3 is 19.7 Å². The summed E-state index contributed by atoms with van der Waals surface area (Å²) in [6, 6.07) is 14.9. The van der Waals surface area contributed by atoms with Gasteiger partial charge in [-0.3, -0.25) is 9.59 Å². The standard InChI is InChI=1S/2C10H12O3/c2*1-13-9-4-2-3-8(7-9)5-6-10(11)12/h2*2-4,7H,5-6H2,1H3,(H,11,12). The molecule has 0 atom stereocenters. The van der Waals surface area contributed by atoms with E-state index in [2.05, 4.69) is 0 Å². The van der Waals surface area contributed by atoms with Crippen molar-refractivity contribution in [3.63, 3.8) is 0 Å². The van der Waals surface area contributed by atoms with E-state index in [9.17, 15) is 9.59 Å². The van der Waals surface area contributed by atoms with Crippen molar-refractivity contribution >= 4 is 11.9 Å². The highest BCUT2D eigenvalue weighted by Crippen LogP contribution is 2.14. The molecule has 2 N–H and O–H groups in total. The van der Waals surface area contributed by atoms with Gasteiger partial charge in [0, 0.05) is 12.8 Å². The summed E-state index contributed by atoms with van der Waals surface area (Å²) in [6.45, 7) is 0. The Labute approximate surface area is 153 Å². The molecule has 0 unspecified atom stereocenters. The summed E-state index contributed by atoms with van der Waals surface area (Å²) < 4.78 is 10.0. The summed E-state index contributed by atoms with van der Waals surface area (Å²) in [5, 5.41) is 16.9. The third-order valence-corrected chi connectivity index (χ3v) is 3.52. The van der Waals surface area contributed by atoms with Gasteiger partial charge in [0.25, 0.3) is 0 Å². The fourth-order valence-electron chi connectivity index (χ4n) is 2.16. The van der Waals surface area contributed by atoms with Crippen LogP contribution in [0, 0.1) is 0 Å². The zero-order chi connectivity index (χ0) is 19.4. The Morgan fingerprint density at radius 1 is 0.769 bits per heavy atom. The van der Waals surface area contributed by atoms with Crippen LogP contribution in [0.4, 0.5) is 0 Å². The van der Waals surface area contributed by atoms with Crippen LogP contribution in [0.15, 0.2) is 48.5 Å². The van der Waals surface area contributed by atoms with Gasteiger partial charge in [-0.2, -0.15) is 0 Å². The van der Waals surface area contributed by atoms with Crippen LogP contribution >= 0.6 is 0 Å². The molecule has 0 bridgehead atoms. The summed E-state index contributed by atoms with van der Waals surface area (Å²) in [5.41, 5.74) is 1.98. The molecule has 0 aliphatic heterocycles. The Balaban J connectivity index is 0.000000260. The zero-order valence-electron chi connectivity index (χ0n) is 15.0. The Morgan fingerprint density at radius 2 is 1.15 bits per heavy atom. The number of aryl methyl sites for hydroxylation is 2. The predicted molar refractivity (Wildman–Crippen MR) is 97.9 cm³/mol. The average molecular weight is 360 g/mol. The number of methoxy groups -OCH3 is 2. The monoisotopic (exact) mass is 360 g/mol. The average Bonchev–Trinajstić information content (AvgIpc) is 2.65. The maximum atomic E-state index is 10.3. The first kappa shape index (κ1) is 21.0. The smallest absolute Gasteiger partial charge is 0.303 e. The van der Waals surface area contributed by atoms with Crippen LogP contribution in [0.5, 0.6) is 11.5 Å². The number of hydrogen-bond acceptors (Lipinski definition) is 4. The lowest BCUT2D eigenvalue weighted by molar-refractivity contribution is -0.138. The molecule has 0 radical (unpaired) electrons. The van der Waals surface area contributed by atoms with Gasteiger partial charge in [0.1, 0.15) is 11.5 Å². The van der Waals surface area contributed by atoms with Crippen molar-refractivity contribution < 1.29 is 29.3 Å². The van der Waals surface area contributed by atoms with Crippen LogP contribution in [0.25, 0.3) is 0 Å². The third-order valence-electron chi connectivity index (χ3n) is 3.52. The van der Waals surface area contributed by atoms with Crippen LogP contribution in [-0.4, -0.2) is 36.4 Å². The molecule has 2 aromatic rings. The van der Waals surface area contributed by atoms with E-state index in [0.717, 1.165) is 22.6 Å². The number of ether oxygens (including phenoxy) is 2. The van der Waals surface area contributed by atoms with E-state index >= 15 is 0 Å². The summed E-state index contributed by atoms with van der Waals surface area (Å²) in [6.07, 6.45) is 1.42. The summed E-state index contributed by atoms with van der Waals surface area (Å²) in [5.74, 6) is -0.0172. The second-order valence-corrected chi connectivity index (χ2v) is 5.49. The second kappa shape index (κ2) is 11.5. The minimum atomic E-state index is -0.775. The zero-order valence-corrected chi connectivity index (χ0v) is 15.0. The highest BCUT2D eigenvalue weighted by molar-refractivity contribution is 5.67. The van der Waals surface area contributed by atoms with E-state index in [0.29, 0.717) is 12.8 Å². The Morgan fingerprint density at radius 3 is 1.46 bits per heavy atom. The first-order valence-electron chi connectivity index (χ1n) is 8.14. The van der Waals surface area contributed by atoms with Crippen LogP contribution in [-0.2, 0) is 22.4 Å². The van der Waals surface area contributed by atoms with E-state index in [1.165, 1.54) is 0 Å². The van der Waals surface area contributed by atoms with E-state index in [-0.39, 0.29) is 12.8 Å². The highest BCUT2D eigenvalue weighted by atomic mass is 16.5. The van der Waals surface area contributed by atoms with Gasteiger partial charge in [-0.15, -0.1) is 0 Å². The molecule has 0 spiro atoms. The number of carboxylic acids is 2. The fraction of sp³-hybridized carbons (Fsp3) is 0.300. The molecule has 0 aliphatic rings. The van der Waals surface area contributed by atoms with Crippen LogP contribution in [0.1, 0.15) is 24.0 Å². The molecule has 0 aliphatic carbocycles. The van der Waals surface area contributed by atoms with Crippen molar-refractivity contribution in [3.8, 4) is 11.5 Å². The Bertz CT molecular complexity index is 649. The lowest BCUT2D eigenvalue weighted by Gasteiger charge is -2.02. The number of hydrogen-bond donors (Lipinski definition) is 2. The molecule has 6 heteroatoms. The van der Waals surface area contributed by atoms with Gasteiger partial charge in [0.05, 0.1) is 14.2 Å². The molecule has 2 rings (SSSR count). The van der Waals surface area contributed by atoms with Crippen LogP contribution in [0.2, 0.25) is 0 Å². The van der Waals surface area contributed by atoms with Gasteiger partial charge in [-0.1, -0.05) is 24.3 Å². The van der Waals surface area contributed by atoms with Crippen molar-refractivity contribution in [2.45, 2.75) is 25.7 Å². The molecule has 140 valence electrons. The number of benzene rings is 2. The normalized spacial score (nSPS) is 9.62. The fourth-order valence-corrected chi connectivity index (χ4v) is 2.16. The number of carboxylic acid groups (broad SMARTS) is 2. The van der Waals surface area contributed by atoms with E-state index in [1.807, 2.05) is 48.5 Å². The molecule has 0 fully saturated rings. The molecule has 6 nitrogen and oxygen atoms in total. The topological polar surface area (TPSA) is 93.1 Å². The number of carbonyl (C=O) groups is 2. The first-order valence-corrected chi connectivity index (χ1v) is 8.14. The van der Waals surface area contributed by atoms with Gasteiger partial charge in [-0.05, 0) is 48.2 Å². The van der Waals surface area contributed by atoms with E-state index in [1.54, 1.807) is 14.2 Å². The largest absolute Gasteiger partial charge is 0.497 e. The summed E-state index contributed by atoms with van der Waals surface area (Å²) >= 11 is 0. The van der Waals surface area contributed by atoms with E-state index < -0.39 is 11.9 Å². The summed E-state index contributed by atoms with van der Waals surface area (Å²) in [7, 11) is 3.19. The minimum Gasteiger partial charge on any atom is -0.497 e. The molecule has 0 saturated carbocycles. The molecular weight excluding hydrogens is 336 g/mol. The van der Waals surface area contributed by atoms with Gasteiger partial charge in [0.2, 0.25) is 0 Å². The SMILES string of the molecule is COc1cccc(CCC(=O)O)c1.COc1cccc(CCC(=O)O)c1. The maximum absolute atomic E-state index is 10.3. The van der Waals surface area contributed by atoms with Crippen molar-refractivity contribution in [1.29, 1.82) is 0 Å². The molecule has 0 saturated heterocycles. The second-order valence-electron chi connectivity index (χ2n) is 5.49. The lowest BCUT2D eigenvalue weighted by Crippen LogP contribution is -1.97. The van der Waals surface area contributed by atoms with Gasteiger partial charge in [0.15, 0.2) is 0 Å². The third kappa shape index (κ3) is 8.73. The van der Waals surface area contributed by atoms with Crippen LogP contribution in [0.3, 0.4) is 0 Å². The first-order chi connectivity index (χ1) is 12.4. The minimum absolute atomic E-state index is 0.160. The van der Waals surface area contributed by atoms with Gasteiger partial charge >= 0.3 is 11.9 Å². The molecule has 26 heavy (non-hydrogen) atoms. The summed E-state index contributed by atoms with van der Waals surface area (Å²) in [4.78, 5) is 20.6. The molecule has 0 aromatic heterocycles. The van der Waals surface area contributed by atoms with Crippen molar-refractivity contribution in [2.75, 3.05) is 14.2 Å². The van der Waals surface area contributed by atoms with Crippen LogP contribution < -0.4 is 9.47 Å². The number of rotatable bonds is 8. The highest BCUT2D eigenvalue weighted by Gasteiger charge is 2.00. The Hall–Kier alpha value is -3.02. The molecule has 0 heterocycles. The van der Waals surface area contributed by atoms with Crippen molar-refractivity contribution in [1.82, 2.24) is 0 Å². The quantitative estimate of drug-likeness (QED) is 0.749. The number of aliphatic carboxylic acids is 2. The van der Waals surface area contributed by atoms with Crippen molar-refractivity contribution in [2.24, 2.45) is 0 Å². The molecule has 0 amide bonds. The molecular formula is C20H24O6. The predicted octanol–water partition coefficient (Wildman–Crippen LogP) is 3.42.